The number of methoxy groups -OCH3 is 1. The lowest BCUT2D eigenvalue weighted by Gasteiger charge is -2.18. The molecule has 3 atom stereocenters. The van der Waals surface area contributed by atoms with E-state index in [0.717, 1.165) is 18.6 Å². The van der Waals surface area contributed by atoms with Crippen molar-refractivity contribution in [3.63, 3.8) is 0 Å². The fourth-order valence-corrected chi connectivity index (χ4v) is 4.34. The maximum Gasteiger partial charge on any atom is 0.387 e. The van der Waals surface area contributed by atoms with Crippen LogP contribution in [0.5, 0.6) is 5.75 Å². The molecule has 0 spiro atoms. The molecule has 0 saturated heterocycles. The Morgan fingerprint density at radius 1 is 1.14 bits per heavy atom. The van der Waals surface area contributed by atoms with Gasteiger partial charge in [0.25, 0.3) is 0 Å². The van der Waals surface area contributed by atoms with Crippen molar-refractivity contribution in [3.8, 4) is 16.9 Å². The fourth-order valence-electron chi connectivity index (χ4n) is 4.18. The van der Waals surface area contributed by atoms with Gasteiger partial charge in [-0.25, -0.2) is 9.18 Å². The van der Waals surface area contributed by atoms with Crippen LogP contribution in [-0.4, -0.2) is 30.6 Å². The molecule has 1 N–H and O–H groups in total. The lowest BCUT2D eigenvalue weighted by molar-refractivity contribution is -0.117. The number of nitrogens with zero attached hydrogens (tertiary/aromatic N) is 1. The monoisotopic (exact) mass is 532 g/mol. The average molecular weight is 533 g/mol. The minimum absolute atomic E-state index is 0.178. The van der Waals surface area contributed by atoms with Crippen LogP contribution in [0.2, 0.25) is 5.02 Å². The molecule has 0 radical (unpaired) electrons. The summed E-state index contributed by atoms with van der Waals surface area (Å²) >= 11 is 5.87. The maximum absolute atomic E-state index is 14.8. The zero-order valence-corrected chi connectivity index (χ0v) is 20.8. The number of hydrogen-bond acceptors (Lipinski definition) is 5. The minimum atomic E-state index is -3.15. The number of benzene rings is 2. The second kappa shape index (κ2) is 11.2. The Labute approximate surface area is 216 Å². The number of ether oxygens (including phenoxy) is 2. The number of carbonyl (C=O) groups excluding carboxylic acids is 2. The van der Waals surface area contributed by atoms with Crippen LogP contribution in [0.15, 0.2) is 54.7 Å². The van der Waals surface area contributed by atoms with Gasteiger partial charge in [0.15, 0.2) is 5.82 Å². The number of nitrogens with one attached hydrogen (secondary N) is 1. The molecule has 1 fully saturated rings. The first-order valence-electron chi connectivity index (χ1n) is 11.6. The Bertz CT molecular complexity index is 1290. The molecular formula is C27H24ClF3N2O4. The van der Waals surface area contributed by atoms with Gasteiger partial charge in [-0.2, -0.15) is 8.78 Å². The summed E-state index contributed by atoms with van der Waals surface area (Å²) in [5, 5.41) is 2.60. The molecule has 1 unspecified atom stereocenters. The van der Waals surface area contributed by atoms with E-state index >= 15 is 0 Å². The largest absolute Gasteiger partial charge is 0.465 e. The number of halogens is 4. The summed E-state index contributed by atoms with van der Waals surface area (Å²) in [4.78, 5) is 29.3. The van der Waals surface area contributed by atoms with E-state index in [1.165, 1.54) is 19.4 Å². The molecule has 4 rings (SSSR count). The van der Waals surface area contributed by atoms with Gasteiger partial charge in [-0.1, -0.05) is 24.6 Å². The van der Waals surface area contributed by atoms with Crippen LogP contribution >= 0.6 is 11.6 Å². The summed E-state index contributed by atoms with van der Waals surface area (Å²) in [6.07, 6.45) is 2.87. The van der Waals surface area contributed by atoms with Crippen molar-refractivity contribution in [2.45, 2.75) is 32.3 Å². The van der Waals surface area contributed by atoms with Crippen LogP contribution in [0.3, 0.4) is 0 Å². The maximum atomic E-state index is 14.8. The highest BCUT2D eigenvalue weighted by atomic mass is 35.5. The summed E-state index contributed by atoms with van der Waals surface area (Å²) in [5.74, 6) is -1.82. The molecule has 1 heterocycles. The molecule has 1 saturated carbocycles. The molecule has 37 heavy (non-hydrogen) atoms. The van der Waals surface area contributed by atoms with Gasteiger partial charge >= 0.3 is 12.6 Å². The van der Waals surface area contributed by atoms with E-state index in [1.807, 2.05) is 0 Å². The van der Waals surface area contributed by atoms with Gasteiger partial charge in [0.1, 0.15) is 5.75 Å². The summed E-state index contributed by atoms with van der Waals surface area (Å²) in [5.41, 5.74) is 1.24. The molecular weight excluding hydrogens is 509 g/mol. The Kier molecular flexibility index (Phi) is 8.02. The van der Waals surface area contributed by atoms with E-state index in [1.54, 1.807) is 30.3 Å². The number of pyridine rings is 1. The number of hydrogen-bond donors (Lipinski definition) is 1. The van der Waals surface area contributed by atoms with Crippen molar-refractivity contribution in [2.24, 2.45) is 11.8 Å². The number of aromatic nitrogens is 1. The lowest BCUT2D eigenvalue weighted by atomic mass is 9.94. The van der Waals surface area contributed by atoms with Gasteiger partial charge < -0.3 is 14.8 Å². The van der Waals surface area contributed by atoms with E-state index in [4.69, 9.17) is 11.6 Å². The van der Waals surface area contributed by atoms with E-state index in [9.17, 15) is 22.8 Å². The van der Waals surface area contributed by atoms with Crippen molar-refractivity contribution in [3.05, 3.63) is 76.8 Å². The van der Waals surface area contributed by atoms with Crippen molar-refractivity contribution < 1.29 is 32.2 Å². The summed E-state index contributed by atoms with van der Waals surface area (Å²) < 4.78 is 49.7. The number of amides is 1. The highest BCUT2D eigenvalue weighted by Crippen LogP contribution is 2.45. The van der Waals surface area contributed by atoms with Gasteiger partial charge in [0.2, 0.25) is 5.91 Å². The van der Waals surface area contributed by atoms with Crippen LogP contribution in [0.4, 0.5) is 18.9 Å². The van der Waals surface area contributed by atoms with E-state index < -0.39 is 24.3 Å². The van der Waals surface area contributed by atoms with E-state index in [-0.39, 0.29) is 27.8 Å². The topological polar surface area (TPSA) is 77.5 Å². The summed E-state index contributed by atoms with van der Waals surface area (Å²) in [6, 6.07) is 11.7. The molecule has 194 valence electrons. The van der Waals surface area contributed by atoms with Crippen LogP contribution < -0.4 is 10.1 Å². The third-order valence-electron chi connectivity index (χ3n) is 6.41. The van der Waals surface area contributed by atoms with Gasteiger partial charge in [-0.3, -0.25) is 9.78 Å². The zero-order chi connectivity index (χ0) is 26.7. The van der Waals surface area contributed by atoms with Crippen LogP contribution in [0, 0.1) is 17.7 Å². The van der Waals surface area contributed by atoms with Crippen LogP contribution in [-0.2, 0) is 9.53 Å². The quantitative estimate of drug-likeness (QED) is 0.310. The predicted octanol–water partition coefficient (Wildman–Crippen LogP) is 6.70. The number of rotatable bonds is 9. The average Bonchev–Trinajstić information content (AvgIpc) is 3.59. The standard InChI is InChI=1S/C27H24ClF3N2O4/c1-14-11-17(14)12-19(25(34)33-18-6-3-15(4-7-18)26(35)36-2)21-9-5-16(13-32-21)23-22(37-27(30)31)10-8-20(28)24(23)29/h3-10,13-14,17,19,27H,11-12H2,1-2H3,(H,33,34)/t14-,17+,19?/m1/s1. The molecule has 0 bridgehead atoms. The van der Waals surface area contributed by atoms with Gasteiger partial charge in [0.05, 0.1) is 34.9 Å². The Morgan fingerprint density at radius 3 is 2.41 bits per heavy atom. The second-order valence-corrected chi connectivity index (χ2v) is 9.31. The van der Waals surface area contributed by atoms with Gasteiger partial charge in [-0.15, -0.1) is 0 Å². The molecule has 1 aliphatic rings. The first kappa shape index (κ1) is 26.5. The molecule has 2 aromatic carbocycles. The molecule has 1 amide bonds. The summed E-state index contributed by atoms with van der Waals surface area (Å²) in [7, 11) is 1.28. The lowest BCUT2D eigenvalue weighted by Crippen LogP contribution is -2.23. The number of esters is 1. The molecule has 6 nitrogen and oxygen atoms in total. The number of alkyl halides is 2. The highest BCUT2D eigenvalue weighted by Gasteiger charge is 2.37. The molecule has 0 aliphatic heterocycles. The first-order chi connectivity index (χ1) is 17.7. The Balaban J connectivity index is 1.59. The molecule has 3 aromatic rings. The number of anilines is 1. The van der Waals surface area contributed by atoms with Crippen molar-refractivity contribution in [1.82, 2.24) is 4.98 Å². The third-order valence-corrected chi connectivity index (χ3v) is 6.70. The van der Waals surface area contributed by atoms with Gasteiger partial charge in [0, 0.05) is 17.4 Å². The second-order valence-electron chi connectivity index (χ2n) is 8.90. The zero-order valence-electron chi connectivity index (χ0n) is 20.0. The Morgan fingerprint density at radius 2 is 1.84 bits per heavy atom. The summed E-state index contributed by atoms with van der Waals surface area (Å²) in [6.45, 7) is -1.05. The van der Waals surface area contributed by atoms with Crippen LogP contribution in [0.25, 0.3) is 11.1 Å². The van der Waals surface area contributed by atoms with Gasteiger partial charge in [-0.05, 0) is 67.1 Å². The molecule has 10 heteroatoms. The molecule has 1 aromatic heterocycles. The van der Waals surface area contributed by atoms with E-state index in [2.05, 4.69) is 26.7 Å². The van der Waals surface area contributed by atoms with Crippen LogP contribution in [0.1, 0.15) is 41.7 Å². The Hall–Kier alpha value is -3.59. The first-order valence-corrected chi connectivity index (χ1v) is 11.9. The third kappa shape index (κ3) is 6.22. The SMILES string of the molecule is COC(=O)c1ccc(NC(=O)C(C[C@@H]2C[C@H]2C)c2ccc(-c3c(OC(F)F)ccc(Cl)c3F)cn2)cc1. The van der Waals surface area contributed by atoms with Crippen molar-refractivity contribution >= 4 is 29.2 Å². The number of carbonyl (C=O) groups is 2. The normalized spacial score (nSPS) is 17.3. The molecule has 1 aliphatic carbocycles. The van der Waals surface area contributed by atoms with Crippen molar-refractivity contribution in [2.75, 3.05) is 12.4 Å². The van der Waals surface area contributed by atoms with E-state index in [0.29, 0.717) is 35.2 Å². The smallest absolute Gasteiger partial charge is 0.387 e. The highest BCUT2D eigenvalue weighted by molar-refractivity contribution is 6.31. The fraction of sp³-hybridized carbons (Fsp3) is 0.296. The van der Waals surface area contributed by atoms with Crippen molar-refractivity contribution in [1.29, 1.82) is 0 Å². The predicted molar refractivity (Wildman–Crippen MR) is 132 cm³/mol. The minimum Gasteiger partial charge on any atom is -0.465 e.